The number of aromatic nitrogens is 2. The van der Waals surface area contributed by atoms with Crippen molar-refractivity contribution in [2.75, 3.05) is 19.8 Å². The number of nitrogens with zero attached hydrogens (tertiary/aromatic N) is 4. The Labute approximate surface area is 401 Å². The molecule has 1 aliphatic heterocycles. The van der Waals surface area contributed by atoms with E-state index in [0.717, 1.165) is 43.1 Å². The molecule has 6 atom stereocenters. The van der Waals surface area contributed by atoms with Crippen LogP contribution < -0.4 is 31.7 Å². The fourth-order valence-corrected chi connectivity index (χ4v) is 8.11. The predicted octanol–water partition coefficient (Wildman–Crippen LogP) is 1.59. The first-order valence-electron chi connectivity index (χ1n) is 22.9. The summed E-state index contributed by atoms with van der Waals surface area (Å²) in [5, 5.41) is 24.2. The molecule has 69 heavy (non-hydrogen) atoms. The van der Waals surface area contributed by atoms with Crippen LogP contribution in [-0.4, -0.2) is 127 Å². The molecule has 1 aliphatic rings. The Balaban J connectivity index is 1.38. The minimum Gasteiger partial charge on any atom is -0.489 e. The summed E-state index contributed by atoms with van der Waals surface area (Å²) in [6.45, 7) is 6.88. The Morgan fingerprint density at radius 1 is 0.899 bits per heavy atom. The highest BCUT2D eigenvalue weighted by Gasteiger charge is 2.37. The smallest absolute Gasteiger partial charge is 0.469 e. The molecule has 9 N–H and O–H groups in total. The number of primary amides is 1. The van der Waals surface area contributed by atoms with Crippen LogP contribution in [0.1, 0.15) is 89.5 Å². The number of aryl methyl sites for hydroxylation is 1. The first kappa shape index (κ1) is 55.4. The van der Waals surface area contributed by atoms with E-state index >= 15 is 0 Å². The third-order valence-electron chi connectivity index (χ3n) is 11.1. The zero-order valence-corrected chi connectivity index (χ0v) is 40.3. The summed E-state index contributed by atoms with van der Waals surface area (Å²) in [6, 6.07) is 10.5. The molecule has 1 aromatic heterocycles. The lowest BCUT2D eigenvalue weighted by Crippen LogP contribution is -2.61. The number of carbonyl (C=O) groups is 6. The van der Waals surface area contributed by atoms with Gasteiger partial charge in [0.25, 0.3) is 0 Å². The van der Waals surface area contributed by atoms with Gasteiger partial charge in [-0.25, -0.2) is 9.55 Å². The van der Waals surface area contributed by atoms with Crippen LogP contribution in [0.4, 0.5) is 0 Å². The average Bonchev–Trinajstić information content (AvgIpc) is 3.98. The van der Waals surface area contributed by atoms with E-state index in [0.29, 0.717) is 51.3 Å². The van der Waals surface area contributed by atoms with Crippen molar-refractivity contribution in [3.63, 3.8) is 0 Å². The van der Waals surface area contributed by atoms with Crippen molar-refractivity contribution >= 4 is 49.5 Å². The number of rotatable bonds is 29. The van der Waals surface area contributed by atoms with Crippen molar-refractivity contribution in [1.29, 1.82) is 0 Å². The summed E-state index contributed by atoms with van der Waals surface area (Å²) < 4.78 is 23.6. The molecule has 6 amide bonds. The molecule has 378 valence electrons. The number of carbonyl (C=O) groups excluding carboxylic acids is 6. The summed E-state index contributed by atoms with van der Waals surface area (Å²) in [5.41, 5.74) is 7.82. The third-order valence-corrected chi connectivity index (χ3v) is 11.7. The van der Waals surface area contributed by atoms with Gasteiger partial charge in [-0.2, -0.15) is 0 Å². The minimum absolute atomic E-state index is 0.103. The molecule has 0 spiro atoms. The van der Waals surface area contributed by atoms with Crippen LogP contribution in [0.15, 0.2) is 72.3 Å². The quantitative estimate of drug-likeness (QED) is 0.0212. The van der Waals surface area contributed by atoms with Gasteiger partial charge in [0.2, 0.25) is 35.4 Å². The minimum atomic E-state index is -5.13. The molecule has 0 unspecified atom stereocenters. The maximum absolute atomic E-state index is 14.1. The molecule has 22 nitrogen and oxygen atoms in total. The van der Waals surface area contributed by atoms with E-state index in [1.165, 1.54) is 18.0 Å². The second-order valence-electron chi connectivity index (χ2n) is 17.2. The van der Waals surface area contributed by atoms with Crippen molar-refractivity contribution < 1.29 is 62.3 Å². The lowest BCUT2D eigenvalue weighted by molar-refractivity contribution is -0.139. The number of nitrogens with two attached hydrogens (primary N) is 1. The number of oxime groups is 1. The number of amides is 6. The predicted molar refractivity (Wildman–Crippen MR) is 252 cm³/mol. The number of benzene rings is 2. The summed E-state index contributed by atoms with van der Waals surface area (Å²) in [7, 11) is -5.13. The van der Waals surface area contributed by atoms with Crippen LogP contribution in [0.3, 0.4) is 0 Å². The number of hydrogen-bond acceptors (Lipinski definition) is 13. The second kappa shape index (κ2) is 27.7. The van der Waals surface area contributed by atoms with E-state index in [1.807, 2.05) is 73.0 Å². The van der Waals surface area contributed by atoms with Gasteiger partial charge < -0.3 is 60.9 Å². The highest BCUT2D eigenvalue weighted by molar-refractivity contribution is 7.46. The summed E-state index contributed by atoms with van der Waals surface area (Å²) in [5.74, 6) is -4.22. The maximum atomic E-state index is 14.1. The lowest BCUT2D eigenvalue weighted by atomic mass is 10.0. The highest BCUT2D eigenvalue weighted by Crippen LogP contribution is 2.38. The Hall–Kier alpha value is -6.19. The first-order chi connectivity index (χ1) is 32.8. The average molecular weight is 984 g/mol. The molecule has 0 radical (unpaired) electrons. The van der Waals surface area contributed by atoms with Crippen LogP contribution in [0, 0.1) is 5.92 Å². The Morgan fingerprint density at radius 3 is 2.22 bits per heavy atom. The van der Waals surface area contributed by atoms with Crippen LogP contribution in [-0.2, 0) is 62.3 Å². The first-order valence-corrected chi connectivity index (χ1v) is 24.4. The molecule has 0 aliphatic carbocycles. The Morgan fingerprint density at radius 2 is 1.57 bits per heavy atom. The van der Waals surface area contributed by atoms with Gasteiger partial charge in [-0.1, -0.05) is 55.8 Å². The largest absolute Gasteiger partial charge is 0.489 e. The monoisotopic (exact) mass is 983 g/mol. The number of imidazole rings is 1. The van der Waals surface area contributed by atoms with Crippen molar-refractivity contribution in [2.45, 2.75) is 129 Å². The van der Waals surface area contributed by atoms with Crippen LogP contribution in [0.25, 0.3) is 0 Å². The number of hydrogen-bond donors (Lipinski definition) is 8. The Kier molecular flexibility index (Phi) is 22.3. The lowest BCUT2D eigenvalue weighted by Gasteiger charge is -2.28. The van der Waals surface area contributed by atoms with Crippen molar-refractivity contribution in [3.8, 4) is 5.75 Å². The molecule has 1 saturated heterocycles. The van der Waals surface area contributed by atoms with Gasteiger partial charge in [0, 0.05) is 38.3 Å². The molecular formula is C46H66N9O13P. The van der Waals surface area contributed by atoms with Crippen molar-refractivity contribution in [1.82, 2.24) is 35.7 Å². The number of phosphoric ester groups is 1. The summed E-state index contributed by atoms with van der Waals surface area (Å²) >= 11 is 0. The van der Waals surface area contributed by atoms with Crippen LogP contribution in [0.2, 0.25) is 0 Å². The van der Waals surface area contributed by atoms with Gasteiger partial charge in [-0.15, -0.1) is 0 Å². The number of nitrogens with one attached hydrogen (secondary N) is 4. The number of likely N-dealkylation sites (tertiary alicyclic amines) is 1. The molecule has 2 aromatic carbocycles. The standard InChI is InChI=1S/C46H66N9O13P/c1-30(2)23-37(51-46(62)40-15-12-21-55(40)32(4)57)43(59)50-38(44(60)52-39(27-56)45(61)53-41(42(47)58)31(3)68-69(63,64)65)24-35-26-48-29-54(35)20-10-5-6-11-22-67-49-25-33-16-18-36(19-17-33)66-28-34-13-8-7-9-14-34/h7-9,13-14,16-19,25-26,29-31,37-41,56H,5-6,10-12,15,20-24,27-28H2,1-4H3,(H2,47,58)(H,50,59)(H,51,62)(H,52,60)(H,53,61)(H2,63,64,65)/b49-25-/t31-,37+,38+,39+,40+,41+/m1/s1. The fraction of sp³-hybridized carbons (Fsp3) is 0.522. The van der Waals surface area contributed by atoms with Gasteiger partial charge in [0.15, 0.2) is 0 Å². The fourth-order valence-electron chi connectivity index (χ4n) is 7.56. The topological polar surface area (TPSA) is 315 Å². The number of aliphatic hydroxyl groups is 1. The molecule has 2 heterocycles. The zero-order chi connectivity index (χ0) is 50.5. The van der Waals surface area contributed by atoms with Crippen LogP contribution >= 0.6 is 7.82 Å². The van der Waals surface area contributed by atoms with E-state index < -0.39 is 80.3 Å². The molecule has 23 heteroatoms. The van der Waals surface area contributed by atoms with Gasteiger partial charge in [-0.05, 0) is 86.8 Å². The van der Waals surface area contributed by atoms with E-state index in [2.05, 4.69) is 35.9 Å². The highest BCUT2D eigenvalue weighted by atomic mass is 31.2. The molecule has 3 aromatic rings. The summed E-state index contributed by atoms with van der Waals surface area (Å²) in [6.07, 6.45) is 7.22. The molecular weight excluding hydrogens is 918 g/mol. The van der Waals surface area contributed by atoms with Crippen molar-refractivity contribution in [2.24, 2.45) is 16.8 Å². The van der Waals surface area contributed by atoms with Gasteiger partial charge in [0.05, 0.1) is 25.3 Å². The van der Waals surface area contributed by atoms with Gasteiger partial charge >= 0.3 is 7.82 Å². The number of unbranched alkanes of at least 4 members (excludes halogenated alkanes) is 3. The number of phosphoric acid groups is 1. The third kappa shape index (κ3) is 19.0. The molecule has 1 fully saturated rings. The summed E-state index contributed by atoms with van der Waals surface area (Å²) in [4.78, 5) is 109. The van der Waals surface area contributed by atoms with E-state index in [1.54, 1.807) is 12.5 Å². The SMILES string of the molecule is CC(=O)N1CCC[C@H]1C(=O)N[C@@H](CC(C)C)C(=O)N[C@@H](Cc1cncn1CCCCCCO/N=C\c1ccc(OCc2ccccc2)cc1)C(=O)N[C@@H](CO)C(=O)N[C@H](C(N)=O)[C@@H](C)OP(=O)(O)O. The van der Waals surface area contributed by atoms with Gasteiger partial charge in [0.1, 0.15) is 49.2 Å². The van der Waals surface area contributed by atoms with Gasteiger partial charge in [-0.3, -0.25) is 33.3 Å². The normalized spacial score (nSPS) is 16.0. The number of ether oxygens (including phenoxy) is 1. The van der Waals surface area contributed by atoms with E-state index in [9.17, 15) is 48.2 Å². The Bertz CT molecular complexity index is 2220. The second-order valence-corrected chi connectivity index (χ2v) is 18.4. The van der Waals surface area contributed by atoms with E-state index in [-0.39, 0.29) is 24.7 Å². The number of aliphatic hydroxyl groups excluding tert-OH is 1. The van der Waals surface area contributed by atoms with Crippen molar-refractivity contribution in [3.05, 3.63) is 83.9 Å². The molecule has 4 rings (SSSR count). The van der Waals surface area contributed by atoms with Crippen LogP contribution in [0.5, 0.6) is 5.75 Å². The zero-order valence-electron chi connectivity index (χ0n) is 39.4. The van der Waals surface area contributed by atoms with E-state index in [4.69, 9.17) is 15.3 Å². The molecule has 0 bridgehead atoms. The molecule has 0 saturated carbocycles. The maximum Gasteiger partial charge on any atom is 0.469 e.